The number of amides is 3. The number of nitrogens with one attached hydrogen (secondary N) is 1. The number of fused-ring (bicyclic) bond motifs is 1. The molecule has 2 N–H and O–H groups in total. The molecule has 2 aliphatic heterocycles. The fourth-order valence-electron chi connectivity index (χ4n) is 3.59. The van der Waals surface area contributed by atoms with E-state index in [1.54, 1.807) is 30.3 Å². The standard InChI is InChI=1S/C17H21N3O6S2/c1-27-10-8-12(18-15(21)11-5-3-2-4-6-11)16(22)19-9-7-13-14(19)17(23)20(13)28(24,25)26/h2-6,12-14H,7-10H2,1H3,(H,18,21)(H,24,25,26)/t12?,13-,14+/m1/s1. The lowest BCUT2D eigenvalue weighted by Gasteiger charge is -2.43. The van der Waals surface area contributed by atoms with Crippen molar-refractivity contribution in [3.63, 3.8) is 0 Å². The van der Waals surface area contributed by atoms with E-state index < -0.39 is 46.2 Å². The first-order chi connectivity index (χ1) is 13.3. The van der Waals surface area contributed by atoms with Gasteiger partial charge in [0, 0.05) is 12.1 Å². The van der Waals surface area contributed by atoms with Gasteiger partial charge in [-0.2, -0.15) is 20.2 Å². The molecule has 3 rings (SSSR count). The summed E-state index contributed by atoms with van der Waals surface area (Å²) in [6.07, 6.45) is 2.51. The predicted molar refractivity (Wildman–Crippen MR) is 103 cm³/mol. The van der Waals surface area contributed by atoms with Gasteiger partial charge >= 0.3 is 10.3 Å². The number of rotatable bonds is 7. The Balaban J connectivity index is 1.74. The van der Waals surface area contributed by atoms with E-state index in [1.807, 2.05) is 6.26 Å². The van der Waals surface area contributed by atoms with Gasteiger partial charge in [0.15, 0.2) is 0 Å². The Morgan fingerprint density at radius 1 is 1.32 bits per heavy atom. The Bertz CT molecular complexity index is 876. The fourth-order valence-corrected chi connectivity index (χ4v) is 4.96. The molecule has 3 atom stereocenters. The number of benzene rings is 1. The Kier molecular flexibility index (Phi) is 5.96. The highest BCUT2D eigenvalue weighted by atomic mass is 32.2. The zero-order chi connectivity index (χ0) is 20.5. The summed E-state index contributed by atoms with van der Waals surface area (Å²) in [4.78, 5) is 39.0. The summed E-state index contributed by atoms with van der Waals surface area (Å²) in [5.41, 5.74) is 0.418. The molecule has 2 heterocycles. The molecule has 2 aliphatic rings. The number of nitrogens with zero attached hydrogens (tertiary/aromatic N) is 2. The van der Waals surface area contributed by atoms with Crippen LogP contribution in [-0.2, 0) is 19.9 Å². The van der Waals surface area contributed by atoms with Gasteiger partial charge in [-0.3, -0.25) is 18.9 Å². The average Bonchev–Trinajstić information content (AvgIpc) is 3.02. The molecule has 0 saturated carbocycles. The summed E-state index contributed by atoms with van der Waals surface area (Å²) in [5, 5.41) is 2.72. The van der Waals surface area contributed by atoms with Crippen LogP contribution in [0.25, 0.3) is 0 Å². The van der Waals surface area contributed by atoms with Crippen LogP contribution in [0.3, 0.4) is 0 Å². The normalized spacial score (nSPS) is 22.4. The molecule has 2 saturated heterocycles. The maximum atomic E-state index is 13.0. The number of thioether (sulfide) groups is 1. The number of hydrogen-bond donors (Lipinski definition) is 2. The van der Waals surface area contributed by atoms with Gasteiger partial charge in [0.2, 0.25) is 5.91 Å². The van der Waals surface area contributed by atoms with Crippen LogP contribution in [0.1, 0.15) is 23.2 Å². The first kappa shape index (κ1) is 20.6. The van der Waals surface area contributed by atoms with E-state index >= 15 is 0 Å². The van der Waals surface area contributed by atoms with Gasteiger partial charge in [0.1, 0.15) is 12.1 Å². The highest BCUT2D eigenvalue weighted by Crippen LogP contribution is 2.36. The molecular weight excluding hydrogens is 406 g/mol. The smallest absolute Gasteiger partial charge is 0.340 e. The van der Waals surface area contributed by atoms with Crippen LogP contribution < -0.4 is 5.32 Å². The van der Waals surface area contributed by atoms with E-state index in [9.17, 15) is 22.8 Å². The van der Waals surface area contributed by atoms with Crippen LogP contribution in [0.15, 0.2) is 30.3 Å². The van der Waals surface area contributed by atoms with Crippen molar-refractivity contribution in [2.75, 3.05) is 18.6 Å². The molecule has 0 bridgehead atoms. The number of carbonyl (C=O) groups is 3. The SMILES string of the molecule is CSCCC(NC(=O)c1ccccc1)C(=O)N1CC[C@@H]2[C@H]1C(=O)N2S(=O)(=O)O. The Morgan fingerprint density at radius 2 is 2.00 bits per heavy atom. The molecule has 152 valence electrons. The lowest BCUT2D eigenvalue weighted by Crippen LogP contribution is -2.69. The minimum absolute atomic E-state index is 0.183. The zero-order valence-corrected chi connectivity index (χ0v) is 16.8. The molecule has 2 fully saturated rings. The lowest BCUT2D eigenvalue weighted by atomic mass is 9.99. The third-order valence-electron chi connectivity index (χ3n) is 4.92. The fraction of sp³-hybridized carbons (Fsp3) is 0.471. The van der Waals surface area contributed by atoms with E-state index in [4.69, 9.17) is 4.55 Å². The summed E-state index contributed by atoms with van der Waals surface area (Å²) in [6, 6.07) is 5.99. The van der Waals surface area contributed by atoms with Crippen LogP contribution >= 0.6 is 11.8 Å². The Hall–Kier alpha value is -2.11. The molecule has 0 radical (unpaired) electrons. The minimum atomic E-state index is -4.64. The second kappa shape index (κ2) is 8.10. The predicted octanol–water partition coefficient (Wildman–Crippen LogP) is 0.153. The molecule has 28 heavy (non-hydrogen) atoms. The molecule has 0 spiro atoms. The highest BCUT2D eigenvalue weighted by molar-refractivity contribution is 7.98. The monoisotopic (exact) mass is 427 g/mol. The Morgan fingerprint density at radius 3 is 2.61 bits per heavy atom. The van der Waals surface area contributed by atoms with E-state index in [2.05, 4.69) is 5.32 Å². The molecular formula is C17H21N3O6S2. The van der Waals surface area contributed by atoms with Crippen LogP contribution in [0, 0.1) is 0 Å². The minimum Gasteiger partial charge on any atom is -0.340 e. The van der Waals surface area contributed by atoms with Gasteiger partial charge in [-0.05, 0) is 37.0 Å². The second-order valence-electron chi connectivity index (χ2n) is 6.62. The van der Waals surface area contributed by atoms with E-state index in [0.29, 0.717) is 22.0 Å². The second-order valence-corrected chi connectivity index (χ2v) is 8.89. The van der Waals surface area contributed by atoms with Crippen molar-refractivity contribution in [3.05, 3.63) is 35.9 Å². The van der Waals surface area contributed by atoms with E-state index in [0.717, 1.165) is 0 Å². The van der Waals surface area contributed by atoms with Crippen molar-refractivity contribution in [2.24, 2.45) is 0 Å². The maximum absolute atomic E-state index is 13.0. The lowest BCUT2D eigenvalue weighted by molar-refractivity contribution is -0.152. The van der Waals surface area contributed by atoms with E-state index in [1.165, 1.54) is 16.7 Å². The number of carbonyl (C=O) groups excluding carboxylic acids is 3. The van der Waals surface area contributed by atoms with Crippen LogP contribution in [0.2, 0.25) is 0 Å². The topological polar surface area (TPSA) is 124 Å². The van der Waals surface area contributed by atoms with Gasteiger partial charge in [-0.25, -0.2) is 4.31 Å². The number of likely N-dealkylation sites (tertiary alicyclic amines) is 1. The summed E-state index contributed by atoms with van der Waals surface area (Å²) in [7, 11) is -4.64. The molecule has 11 heteroatoms. The third-order valence-corrected chi connectivity index (χ3v) is 6.51. The summed E-state index contributed by atoms with van der Waals surface area (Å²) >= 11 is 1.52. The van der Waals surface area contributed by atoms with Crippen molar-refractivity contribution in [1.29, 1.82) is 0 Å². The molecule has 1 aromatic carbocycles. The van der Waals surface area contributed by atoms with Crippen molar-refractivity contribution in [2.45, 2.75) is 31.0 Å². The van der Waals surface area contributed by atoms with Gasteiger partial charge in [-0.15, -0.1) is 0 Å². The quantitative estimate of drug-likeness (QED) is 0.469. The van der Waals surface area contributed by atoms with Crippen LogP contribution in [0.4, 0.5) is 0 Å². The first-order valence-corrected chi connectivity index (χ1v) is 11.5. The summed E-state index contributed by atoms with van der Waals surface area (Å²) in [5.74, 6) is -1.01. The summed E-state index contributed by atoms with van der Waals surface area (Å²) in [6.45, 7) is 0.183. The Labute approximate surface area is 167 Å². The van der Waals surface area contributed by atoms with Crippen LogP contribution in [-0.4, -0.2) is 76.6 Å². The molecule has 1 unspecified atom stereocenters. The largest absolute Gasteiger partial charge is 0.362 e. The van der Waals surface area contributed by atoms with Crippen molar-refractivity contribution < 1.29 is 27.4 Å². The number of β-lactam (4-membered cyclic amide) rings is 1. The van der Waals surface area contributed by atoms with Crippen LogP contribution in [0.5, 0.6) is 0 Å². The van der Waals surface area contributed by atoms with Gasteiger partial charge in [-0.1, -0.05) is 18.2 Å². The highest BCUT2D eigenvalue weighted by Gasteiger charge is 2.60. The van der Waals surface area contributed by atoms with Gasteiger partial charge in [0.25, 0.3) is 11.8 Å². The zero-order valence-electron chi connectivity index (χ0n) is 15.1. The maximum Gasteiger partial charge on any atom is 0.362 e. The third kappa shape index (κ3) is 3.87. The summed E-state index contributed by atoms with van der Waals surface area (Å²) < 4.78 is 32.2. The average molecular weight is 428 g/mol. The van der Waals surface area contributed by atoms with E-state index in [-0.39, 0.29) is 13.0 Å². The van der Waals surface area contributed by atoms with Crippen molar-refractivity contribution >= 4 is 39.8 Å². The molecule has 3 amide bonds. The molecule has 0 aliphatic carbocycles. The molecule has 0 aromatic heterocycles. The molecule has 1 aromatic rings. The van der Waals surface area contributed by atoms with Gasteiger partial charge < -0.3 is 10.2 Å². The van der Waals surface area contributed by atoms with Gasteiger partial charge in [0.05, 0.1) is 6.04 Å². The van der Waals surface area contributed by atoms with Crippen molar-refractivity contribution in [3.8, 4) is 0 Å². The molecule has 9 nitrogen and oxygen atoms in total. The number of hydrogen-bond acceptors (Lipinski definition) is 6. The van der Waals surface area contributed by atoms with Crippen molar-refractivity contribution in [1.82, 2.24) is 14.5 Å². The first-order valence-electron chi connectivity index (χ1n) is 8.71.